The molecule has 3 aromatic rings. The largest absolute Gasteiger partial charge is 0.478 e. The van der Waals surface area contributed by atoms with Crippen molar-refractivity contribution in [3.8, 4) is 0 Å². The highest BCUT2D eigenvalue weighted by atomic mass is 16.4. The maximum Gasteiger partial charge on any atom is 0.328 e. The highest BCUT2D eigenvalue weighted by Crippen LogP contribution is 2.28. The van der Waals surface area contributed by atoms with Crippen molar-refractivity contribution in [3.05, 3.63) is 81.9 Å². The van der Waals surface area contributed by atoms with Crippen molar-refractivity contribution >= 4 is 40.1 Å². The maximum absolute atomic E-state index is 12.9. The van der Waals surface area contributed by atoms with E-state index in [2.05, 4.69) is 11.4 Å². The van der Waals surface area contributed by atoms with E-state index in [1.807, 2.05) is 31.2 Å². The van der Waals surface area contributed by atoms with Gasteiger partial charge in [-0.05, 0) is 48.8 Å². The Balaban J connectivity index is 1.72. The zero-order chi connectivity index (χ0) is 21.3. The summed E-state index contributed by atoms with van der Waals surface area (Å²) in [6.45, 7) is 2.61. The van der Waals surface area contributed by atoms with Crippen LogP contribution >= 0.6 is 0 Å². The number of hydrogen-bond donors (Lipinski definition) is 2. The standard InChI is InChI=1S/C23H19N3O4/c1-14-3-2-4-15(11-14)12-16-9-10-26-22(16)25-19-13-17(5-6-18(19)23(26)30)24-20(27)7-8-21(28)29/h2-8,11-13H,9-10H2,1H3,(H,24,27)(H,28,29)/b8-7+,16-12?. The Labute approximate surface area is 172 Å². The van der Waals surface area contributed by atoms with Crippen LogP contribution in [0.1, 0.15) is 23.4 Å². The molecule has 150 valence electrons. The zero-order valence-corrected chi connectivity index (χ0v) is 16.3. The van der Waals surface area contributed by atoms with E-state index in [4.69, 9.17) is 10.1 Å². The lowest BCUT2D eigenvalue weighted by atomic mass is 10.1. The number of aliphatic carboxylic acids is 1. The van der Waals surface area contributed by atoms with Crippen LogP contribution in [0.5, 0.6) is 0 Å². The molecule has 30 heavy (non-hydrogen) atoms. The molecule has 0 spiro atoms. The van der Waals surface area contributed by atoms with Gasteiger partial charge in [0.05, 0.1) is 10.9 Å². The summed E-state index contributed by atoms with van der Waals surface area (Å²) in [7, 11) is 0. The third-order valence-electron chi connectivity index (χ3n) is 4.88. The fourth-order valence-electron chi connectivity index (χ4n) is 3.52. The normalized spacial score (nSPS) is 14.4. The topological polar surface area (TPSA) is 101 Å². The number of benzene rings is 2. The molecule has 0 bridgehead atoms. The number of fused-ring (bicyclic) bond motifs is 2. The van der Waals surface area contributed by atoms with E-state index in [1.54, 1.807) is 22.8 Å². The summed E-state index contributed by atoms with van der Waals surface area (Å²) in [5.74, 6) is -1.15. The molecule has 4 rings (SSSR count). The molecule has 0 fully saturated rings. The van der Waals surface area contributed by atoms with E-state index in [1.165, 1.54) is 0 Å². The molecule has 1 aromatic heterocycles. The molecule has 0 unspecified atom stereocenters. The number of hydrogen-bond acceptors (Lipinski definition) is 4. The molecule has 0 saturated carbocycles. The maximum atomic E-state index is 12.9. The highest BCUT2D eigenvalue weighted by molar-refractivity contribution is 6.03. The molecule has 0 radical (unpaired) electrons. The number of aryl methyl sites for hydroxylation is 1. The number of allylic oxidation sites excluding steroid dienone is 1. The number of carboxylic acids is 1. The fraction of sp³-hybridized carbons (Fsp3) is 0.130. The Bertz CT molecular complexity index is 1300. The van der Waals surface area contributed by atoms with Crippen LogP contribution in [0.4, 0.5) is 5.69 Å². The second kappa shape index (κ2) is 7.79. The Kier molecular flexibility index (Phi) is 5.02. The molecule has 2 aromatic carbocycles. The van der Waals surface area contributed by atoms with Crippen molar-refractivity contribution in [1.29, 1.82) is 0 Å². The highest BCUT2D eigenvalue weighted by Gasteiger charge is 2.21. The average molecular weight is 401 g/mol. The van der Waals surface area contributed by atoms with Crippen molar-refractivity contribution in [2.75, 3.05) is 5.32 Å². The number of rotatable bonds is 4. The first-order valence-corrected chi connectivity index (χ1v) is 9.45. The number of amides is 1. The minimum absolute atomic E-state index is 0.119. The molecule has 0 aliphatic carbocycles. The van der Waals surface area contributed by atoms with E-state index in [0.717, 1.165) is 35.3 Å². The summed E-state index contributed by atoms with van der Waals surface area (Å²) in [5, 5.41) is 11.7. The van der Waals surface area contributed by atoms with Crippen LogP contribution in [-0.2, 0) is 16.1 Å². The van der Waals surface area contributed by atoms with E-state index >= 15 is 0 Å². The van der Waals surface area contributed by atoms with Gasteiger partial charge in [0.15, 0.2) is 0 Å². The summed E-state index contributed by atoms with van der Waals surface area (Å²) in [6, 6.07) is 13.0. The fourth-order valence-corrected chi connectivity index (χ4v) is 3.52. The number of anilines is 1. The second-order valence-corrected chi connectivity index (χ2v) is 7.12. The van der Waals surface area contributed by atoms with Gasteiger partial charge in [-0.25, -0.2) is 9.78 Å². The lowest BCUT2D eigenvalue weighted by Gasteiger charge is -2.08. The van der Waals surface area contributed by atoms with Gasteiger partial charge in [-0.15, -0.1) is 0 Å². The van der Waals surface area contributed by atoms with Crippen LogP contribution in [0.3, 0.4) is 0 Å². The van der Waals surface area contributed by atoms with Crippen LogP contribution < -0.4 is 10.9 Å². The third kappa shape index (κ3) is 3.91. The summed E-state index contributed by atoms with van der Waals surface area (Å²) in [4.78, 5) is 40.0. The third-order valence-corrected chi connectivity index (χ3v) is 4.88. The average Bonchev–Trinajstić information content (AvgIpc) is 3.09. The number of nitrogens with zero attached hydrogens (tertiary/aromatic N) is 2. The van der Waals surface area contributed by atoms with E-state index in [0.29, 0.717) is 29.0 Å². The number of carbonyl (C=O) groups excluding carboxylic acids is 1. The number of aromatic nitrogens is 2. The minimum Gasteiger partial charge on any atom is -0.478 e. The Morgan fingerprint density at radius 1 is 1.17 bits per heavy atom. The molecule has 1 aliphatic rings. The van der Waals surface area contributed by atoms with Gasteiger partial charge in [0.25, 0.3) is 5.56 Å². The van der Waals surface area contributed by atoms with Gasteiger partial charge < -0.3 is 10.4 Å². The van der Waals surface area contributed by atoms with Crippen molar-refractivity contribution in [3.63, 3.8) is 0 Å². The van der Waals surface area contributed by atoms with Crippen molar-refractivity contribution in [2.45, 2.75) is 19.9 Å². The Morgan fingerprint density at radius 3 is 2.77 bits per heavy atom. The predicted octanol–water partition coefficient (Wildman–Crippen LogP) is 3.23. The quantitative estimate of drug-likeness (QED) is 0.654. The van der Waals surface area contributed by atoms with Crippen LogP contribution in [0.15, 0.2) is 59.4 Å². The van der Waals surface area contributed by atoms with Crippen molar-refractivity contribution < 1.29 is 14.7 Å². The SMILES string of the molecule is Cc1cccc(C=C2CCn3c2nc2cc(NC(=O)/C=C/C(=O)O)ccc2c3=O)c1. The van der Waals surface area contributed by atoms with Crippen LogP contribution in [0.25, 0.3) is 22.6 Å². The number of carbonyl (C=O) groups is 2. The summed E-state index contributed by atoms with van der Waals surface area (Å²) in [6.07, 6.45) is 4.46. The Morgan fingerprint density at radius 2 is 2.00 bits per heavy atom. The summed E-state index contributed by atoms with van der Waals surface area (Å²) >= 11 is 0. The van der Waals surface area contributed by atoms with Gasteiger partial charge >= 0.3 is 5.97 Å². The van der Waals surface area contributed by atoms with Crippen LogP contribution in [0.2, 0.25) is 0 Å². The first-order chi connectivity index (χ1) is 14.4. The van der Waals surface area contributed by atoms with Gasteiger partial charge in [-0.2, -0.15) is 0 Å². The molecule has 7 heteroatoms. The molecular formula is C23H19N3O4. The van der Waals surface area contributed by atoms with Crippen molar-refractivity contribution in [2.24, 2.45) is 0 Å². The van der Waals surface area contributed by atoms with Crippen LogP contribution in [0, 0.1) is 6.92 Å². The molecule has 2 N–H and O–H groups in total. The molecule has 0 atom stereocenters. The first kappa shape index (κ1) is 19.3. The van der Waals surface area contributed by atoms with Gasteiger partial charge in [0.2, 0.25) is 5.91 Å². The van der Waals surface area contributed by atoms with Gasteiger partial charge in [-0.3, -0.25) is 14.2 Å². The first-order valence-electron chi connectivity index (χ1n) is 9.45. The monoisotopic (exact) mass is 401 g/mol. The minimum atomic E-state index is -1.21. The smallest absolute Gasteiger partial charge is 0.328 e. The van der Waals surface area contributed by atoms with E-state index in [-0.39, 0.29) is 5.56 Å². The van der Waals surface area contributed by atoms with E-state index < -0.39 is 11.9 Å². The number of nitrogens with one attached hydrogen (secondary N) is 1. The molecule has 7 nitrogen and oxygen atoms in total. The van der Waals surface area contributed by atoms with Crippen LogP contribution in [-0.4, -0.2) is 26.5 Å². The number of carboxylic acid groups (broad SMARTS) is 1. The lowest BCUT2D eigenvalue weighted by Crippen LogP contribution is -2.21. The predicted molar refractivity (Wildman–Crippen MR) is 115 cm³/mol. The van der Waals surface area contributed by atoms with Gasteiger partial charge in [0.1, 0.15) is 5.82 Å². The van der Waals surface area contributed by atoms with E-state index in [9.17, 15) is 14.4 Å². The van der Waals surface area contributed by atoms with Crippen molar-refractivity contribution in [1.82, 2.24) is 9.55 Å². The second-order valence-electron chi connectivity index (χ2n) is 7.12. The summed E-state index contributed by atoms with van der Waals surface area (Å²) in [5.41, 5.74) is 3.98. The van der Waals surface area contributed by atoms with Gasteiger partial charge in [-0.1, -0.05) is 29.8 Å². The Hall–Kier alpha value is -4.00. The molecule has 1 aliphatic heterocycles. The molecule has 0 saturated heterocycles. The lowest BCUT2D eigenvalue weighted by molar-refractivity contribution is -0.131. The molecule has 1 amide bonds. The molecule has 2 heterocycles. The zero-order valence-electron chi connectivity index (χ0n) is 16.3. The van der Waals surface area contributed by atoms with Gasteiger partial charge in [0, 0.05) is 24.4 Å². The summed E-state index contributed by atoms with van der Waals surface area (Å²) < 4.78 is 1.68. The molecular weight excluding hydrogens is 382 g/mol.